The van der Waals surface area contributed by atoms with E-state index in [9.17, 15) is 19.5 Å². The zero-order chi connectivity index (χ0) is 26.9. The number of carboxylic acid groups (broad SMARTS) is 1. The number of esters is 1. The first kappa shape index (κ1) is 28.6. The van der Waals surface area contributed by atoms with Crippen LogP contribution < -0.4 is 4.89 Å². The Hall–Kier alpha value is -3.00. The molecule has 0 aliphatic carbocycles. The van der Waals surface area contributed by atoms with Crippen LogP contribution in [0.3, 0.4) is 0 Å². The number of carbonyl (C=O) groups is 3. The molecule has 1 aromatic carbocycles. The number of ether oxygens (including phenoxy) is 3. The molecule has 202 valence electrons. The molecule has 13 heteroatoms. The van der Waals surface area contributed by atoms with Crippen LogP contribution >= 0.6 is 12.8 Å². The van der Waals surface area contributed by atoms with E-state index >= 15 is 0 Å². The third kappa shape index (κ3) is 7.99. The molecule has 2 aromatic rings. The monoisotopic (exact) mass is 536 g/mol. The van der Waals surface area contributed by atoms with Gasteiger partial charge in [0, 0.05) is 37.4 Å². The predicted molar refractivity (Wildman–Crippen MR) is 133 cm³/mol. The van der Waals surface area contributed by atoms with Crippen LogP contribution in [0.1, 0.15) is 50.4 Å². The summed E-state index contributed by atoms with van der Waals surface area (Å²) in [5.74, 6) is -1.98. The molecule has 2 N–H and O–H groups in total. The summed E-state index contributed by atoms with van der Waals surface area (Å²) in [5.41, 5.74) is 1.27. The van der Waals surface area contributed by atoms with E-state index < -0.39 is 36.4 Å². The van der Waals surface area contributed by atoms with Gasteiger partial charge in [-0.2, -0.15) is 0 Å². The van der Waals surface area contributed by atoms with Crippen molar-refractivity contribution in [3.8, 4) is 11.3 Å². The Labute approximate surface area is 220 Å². The fourth-order valence-electron chi connectivity index (χ4n) is 4.16. The molecule has 0 spiro atoms. The smallest absolute Gasteiger partial charge is 0.335 e. The van der Waals surface area contributed by atoms with E-state index in [1.165, 1.54) is 19.1 Å². The van der Waals surface area contributed by atoms with E-state index in [0.29, 0.717) is 30.7 Å². The highest BCUT2D eigenvalue weighted by atomic mass is 32.1. The predicted octanol–water partition coefficient (Wildman–Crippen LogP) is 2.65. The highest BCUT2D eigenvalue weighted by Gasteiger charge is 2.44. The molecule has 0 saturated carbocycles. The van der Waals surface area contributed by atoms with Crippen LogP contribution in [0, 0.1) is 11.8 Å². The second-order valence-electron chi connectivity index (χ2n) is 8.94. The van der Waals surface area contributed by atoms with Gasteiger partial charge in [0.25, 0.3) is 0 Å². The van der Waals surface area contributed by atoms with E-state index in [2.05, 4.69) is 32.8 Å². The summed E-state index contributed by atoms with van der Waals surface area (Å²) >= 11 is 3.62. The molecular weight excluding hydrogens is 504 g/mol. The quantitative estimate of drug-likeness (QED) is 0.159. The van der Waals surface area contributed by atoms with Gasteiger partial charge < -0.3 is 24.2 Å². The Morgan fingerprint density at radius 3 is 2.70 bits per heavy atom. The molecule has 37 heavy (non-hydrogen) atoms. The van der Waals surface area contributed by atoms with E-state index in [4.69, 9.17) is 14.2 Å². The summed E-state index contributed by atoms with van der Waals surface area (Å²) in [6.07, 6.45) is 1.49. The standard InChI is InChI=1S/C24H32N4O8S/c1-14-15(2)24(33-10-5-4-9-21(30)36-27-37)35-20(22(14)34-16(3)29)13-28-12-19(25-26-28)17-7-6-8-18(11-17)23(31)32/h6-8,11-12,14-15,20,22,24,27,37H,4-5,9-10,13H2,1-3H3,(H,31,32)/t14-,15?,20?,22-,24?/m1/s1. The van der Waals surface area contributed by atoms with Crippen molar-refractivity contribution in [1.82, 2.24) is 19.9 Å². The largest absolute Gasteiger partial charge is 0.478 e. The molecule has 1 aromatic heterocycles. The maximum absolute atomic E-state index is 11.8. The molecule has 3 rings (SSSR count). The summed E-state index contributed by atoms with van der Waals surface area (Å²) in [4.78, 5) is 41.1. The number of benzene rings is 1. The second-order valence-corrected chi connectivity index (χ2v) is 9.12. The van der Waals surface area contributed by atoms with Crippen molar-refractivity contribution in [3.05, 3.63) is 36.0 Å². The number of rotatable bonds is 12. The third-order valence-electron chi connectivity index (χ3n) is 6.28. The molecule has 0 bridgehead atoms. The van der Waals surface area contributed by atoms with Crippen molar-refractivity contribution in [1.29, 1.82) is 0 Å². The number of aromatic carboxylic acids is 1. The molecule has 0 radical (unpaired) electrons. The highest BCUT2D eigenvalue weighted by Crippen LogP contribution is 2.34. The average Bonchev–Trinajstić information content (AvgIpc) is 3.33. The lowest BCUT2D eigenvalue weighted by Gasteiger charge is -2.43. The Kier molecular flexibility index (Phi) is 10.4. The van der Waals surface area contributed by atoms with Crippen molar-refractivity contribution in [2.75, 3.05) is 6.61 Å². The molecule has 5 atom stereocenters. The molecule has 12 nitrogen and oxygen atoms in total. The first-order valence-electron chi connectivity index (χ1n) is 12.0. The van der Waals surface area contributed by atoms with Gasteiger partial charge in [-0.3, -0.25) is 9.59 Å². The zero-order valence-corrected chi connectivity index (χ0v) is 21.8. The Morgan fingerprint density at radius 2 is 2.00 bits per heavy atom. The van der Waals surface area contributed by atoms with Crippen LogP contribution in [0.2, 0.25) is 0 Å². The fourth-order valence-corrected chi connectivity index (χ4v) is 4.26. The van der Waals surface area contributed by atoms with E-state index in [0.717, 1.165) is 0 Å². The average molecular weight is 537 g/mol. The lowest BCUT2D eigenvalue weighted by molar-refractivity contribution is -0.269. The minimum Gasteiger partial charge on any atom is -0.478 e. The Balaban J connectivity index is 1.67. The maximum atomic E-state index is 11.8. The van der Waals surface area contributed by atoms with Crippen molar-refractivity contribution in [3.63, 3.8) is 0 Å². The normalized spacial score (nSPS) is 23.4. The van der Waals surface area contributed by atoms with Gasteiger partial charge in [-0.1, -0.05) is 48.9 Å². The zero-order valence-electron chi connectivity index (χ0n) is 20.9. The lowest BCUT2D eigenvalue weighted by Crippen LogP contribution is -2.53. The van der Waals surface area contributed by atoms with Gasteiger partial charge in [0.05, 0.1) is 18.3 Å². The highest BCUT2D eigenvalue weighted by molar-refractivity contribution is 7.77. The Morgan fingerprint density at radius 1 is 1.22 bits per heavy atom. The van der Waals surface area contributed by atoms with Gasteiger partial charge in [0.1, 0.15) is 17.9 Å². The van der Waals surface area contributed by atoms with Crippen LogP contribution in [0.5, 0.6) is 0 Å². The summed E-state index contributed by atoms with van der Waals surface area (Å²) in [6, 6.07) is 6.42. The SMILES string of the molecule is CC(=O)O[C@H]1C(Cn2cc(-c3cccc(C(=O)O)c3)nn2)OC(OCCCCC(=O)ONS)C(C)[C@H]1C. The first-order valence-corrected chi connectivity index (χ1v) is 12.4. The number of thiol groups is 1. The summed E-state index contributed by atoms with van der Waals surface area (Å²) < 4.78 is 19.4. The van der Waals surface area contributed by atoms with E-state index in [1.54, 1.807) is 23.0 Å². The molecule has 2 heterocycles. The number of hydrogen-bond donors (Lipinski definition) is 3. The molecule has 0 amide bonds. The second kappa shape index (κ2) is 13.5. The number of nitrogens with zero attached hydrogens (tertiary/aromatic N) is 3. The van der Waals surface area contributed by atoms with E-state index in [1.807, 2.05) is 13.8 Å². The summed E-state index contributed by atoms with van der Waals surface area (Å²) in [5, 5.41) is 17.6. The molecule has 1 aliphatic rings. The minimum atomic E-state index is -1.03. The molecule has 1 saturated heterocycles. The number of carbonyl (C=O) groups excluding carboxylic acids is 2. The van der Waals surface area contributed by atoms with Crippen LogP contribution in [-0.2, 0) is 35.2 Å². The fraction of sp³-hybridized carbons (Fsp3) is 0.542. The lowest BCUT2D eigenvalue weighted by atomic mass is 9.84. The number of nitrogens with one attached hydrogen (secondary N) is 1. The van der Waals surface area contributed by atoms with Gasteiger partial charge in [0.15, 0.2) is 6.29 Å². The third-order valence-corrected chi connectivity index (χ3v) is 6.37. The van der Waals surface area contributed by atoms with Gasteiger partial charge in [-0.25, -0.2) is 9.48 Å². The van der Waals surface area contributed by atoms with Crippen molar-refractivity contribution in [2.45, 2.75) is 65.1 Å². The van der Waals surface area contributed by atoms with E-state index in [-0.39, 0.29) is 30.4 Å². The molecule has 3 unspecified atom stereocenters. The minimum absolute atomic E-state index is 0.0657. The number of unbranched alkanes of at least 4 members (excludes halogenated alkanes) is 1. The molecular formula is C24H32N4O8S. The molecule has 1 fully saturated rings. The van der Waals surface area contributed by atoms with Gasteiger partial charge in [-0.15, -0.1) is 5.10 Å². The van der Waals surface area contributed by atoms with Gasteiger partial charge in [-0.05, 0) is 25.0 Å². The number of carboxylic acids is 1. The van der Waals surface area contributed by atoms with Crippen LogP contribution in [-0.4, -0.2) is 63.1 Å². The van der Waals surface area contributed by atoms with Crippen LogP contribution in [0.15, 0.2) is 30.5 Å². The number of aromatic nitrogens is 3. The Bertz CT molecular complexity index is 1080. The van der Waals surface area contributed by atoms with Crippen molar-refractivity contribution in [2.24, 2.45) is 11.8 Å². The van der Waals surface area contributed by atoms with Crippen molar-refractivity contribution >= 4 is 30.7 Å². The topological polar surface area (TPSA) is 151 Å². The van der Waals surface area contributed by atoms with Gasteiger partial charge >= 0.3 is 17.9 Å². The number of hydrogen-bond acceptors (Lipinski definition) is 11. The molecule has 1 aliphatic heterocycles. The maximum Gasteiger partial charge on any atom is 0.335 e. The van der Waals surface area contributed by atoms with Crippen LogP contribution in [0.25, 0.3) is 11.3 Å². The summed E-state index contributed by atoms with van der Waals surface area (Å²) in [6.45, 7) is 5.93. The van der Waals surface area contributed by atoms with Crippen molar-refractivity contribution < 1.29 is 38.5 Å². The first-order chi connectivity index (χ1) is 17.7. The van der Waals surface area contributed by atoms with Gasteiger partial charge in [0.2, 0.25) is 0 Å². The summed E-state index contributed by atoms with van der Waals surface area (Å²) in [7, 11) is 0. The van der Waals surface area contributed by atoms with Crippen LogP contribution in [0.4, 0.5) is 0 Å².